The standard InChI is InChI=1S/C23H20ClFN4O4/c1-3-33-22(31)14(2)28-13-26-20-19(28)21(30)27(12-15-7-9-17(25)10-8-15)23(32)29(20)18-6-4-5-16(24)11-18/h4-11,13-14H,3,12H2,1-2H3/t14-/m0/s1. The molecule has 170 valence electrons. The van der Waals surface area contributed by atoms with Crippen LogP contribution in [0.25, 0.3) is 16.9 Å². The number of esters is 1. The SMILES string of the molecule is CCOC(=O)[C@H](C)n1cnc2c1c(=O)n(Cc1ccc(F)cc1)c(=O)n2-c1cccc(Cl)c1. The zero-order chi connectivity index (χ0) is 23.7. The number of carbonyl (C=O) groups excluding carboxylic acids is 1. The molecule has 2 aromatic carbocycles. The number of halogens is 2. The molecule has 0 radical (unpaired) electrons. The molecule has 0 N–H and O–H groups in total. The molecule has 1 atom stereocenters. The molecule has 0 saturated carbocycles. The first-order valence-corrected chi connectivity index (χ1v) is 10.6. The number of aromatic nitrogens is 4. The second kappa shape index (κ2) is 9.03. The van der Waals surface area contributed by atoms with Crippen LogP contribution < -0.4 is 11.2 Å². The second-order valence-electron chi connectivity index (χ2n) is 7.37. The van der Waals surface area contributed by atoms with Gasteiger partial charge in [-0.15, -0.1) is 0 Å². The van der Waals surface area contributed by atoms with Crippen LogP contribution >= 0.6 is 11.6 Å². The topological polar surface area (TPSA) is 88.1 Å². The molecule has 0 fully saturated rings. The van der Waals surface area contributed by atoms with Crippen LogP contribution in [0.3, 0.4) is 0 Å². The van der Waals surface area contributed by atoms with Gasteiger partial charge in [0.2, 0.25) is 0 Å². The minimum absolute atomic E-state index is 0.0530. The van der Waals surface area contributed by atoms with Crippen molar-refractivity contribution in [3.63, 3.8) is 0 Å². The molecule has 0 saturated heterocycles. The van der Waals surface area contributed by atoms with Crippen molar-refractivity contribution < 1.29 is 13.9 Å². The van der Waals surface area contributed by atoms with Crippen molar-refractivity contribution in [1.29, 1.82) is 0 Å². The Balaban J connectivity index is 2.01. The Labute approximate surface area is 192 Å². The summed E-state index contributed by atoms with van der Waals surface area (Å²) in [6, 6.07) is 11.2. The Morgan fingerprint density at radius 1 is 1.18 bits per heavy atom. The summed E-state index contributed by atoms with van der Waals surface area (Å²) in [6.07, 6.45) is 1.33. The van der Waals surface area contributed by atoms with Crippen molar-refractivity contribution in [2.75, 3.05) is 6.61 Å². The fourth-order valence-corrected chi connectivity index (χ4v) is 3.76. The Morgan fingerprint density at radius 3 is 2.58 bits per heavy atom. The molecule has 0 unspecified atom stereocenters. The highest BCUT2D eigenvalue weighted by Crippen LogP contribution is 2.20. The van der Waals surface area contributed by atoms with E-state index in [0.29, 0.717) is 16.3 Å². The molecule has 0 bridgehead atoms. The average molecular weight is 471 g/mol. The molecular weight excluding hydrogens is 451 g/mol. The zero-order valence-electron chi connectivity index (χ0n) is 17.9. The van der Waals surface area contributed by atoms with E-state index in [4.69, 9.17) is 16.3 Å². The molecule has 0 aliphatic carbocycles. The molecule has 10 heteroatoms. The van der Waals surface area contributed by atoms with Crippen LogP contribution in [0.5, 0.6) is 0 Å². The summed E-state index contributed by atoms with van der Waals surface area (Å²) in [5.74, 6) is -0.971. The highest BCUT2D eigenvalue weighted by Gasteiger charge is 2.25. The maximum atomic E-state index is 13.5. The second-order valence-corrected chi connectivity index (χ2v) is 7.80. The van der Waals surface area contributed by atoms with Crippen molar-refractivity contribution >= 4 is 28.7 Å². The lowest BCUT2D eigenvalue weighted by atomic mass is 10.2. The van der Waals surface area contributed by atoms with E-state index in [1.54, 1.807) is 38.1 Å². The summed E-state index contributed by atoms with van der Waals surface area (Å²) in [5, 5.41) is 0.392. The van der Waals surface area contributed by atoms with E-state index in [1.165, 1.54) is 39.7 Å². The minimum atomic E-state index is -0.854. The van der Waals surface area contributed by atoms with E-state index >= 15 is 0 Å². The normalized spacial score (nSPS) is 12.1. The van der Waals surface area contributed by atoms with Gasteiger partial charge < -0.3 is 9.30 Å². The molecule has 8 nitrogen and oxygen atoms in total. The first kappa shape index (κ1) is 22.5. The average Bonchev–Trinajstić information content (AvgIpc) is 3.22. The number of fused-ring (bicyclic) bond motifs is 1. The van der Waals surface area contributed by atoms with Gasteiger partial charge in [0, 0.05) is 5.02 Å². The van der Waals surface area contributed by atoms with Gasteiger partial charge in [-0.05, 0) is 49.7 Å². The lowest BCUT2D eigenvalue weighted by Gasteiger charge is -2.15. The van der Waals surface area contributed by atoms with Gasteiger partial charge >= 0.3 is 11.7 Å². The van der Waals surface area contributed by atoms with E-state index in [1.807, 2.05) is 0 Å². The Kier molecular flexibility index (Phi) is 6.15. The first-order valence-electron chi connectivity index (χ1n) is 10.2. The number of nitrogens with zero attached hydrogens (tertiary/aromatic N) is 4. The summed E-state index contributed by atoms with van der Waals surface area (Å²) < 4.78 is 22.1. The number of hydrogen-bond acceptors (Lipinski definition) is 5. The van der Waals surface area contributed by atoms with Crippen LogP contribution in [0.4, 0.5) is 4.39 Å². The van der Waals surface area contributed by atoms with Gasteiger partial charge in [0.25, 0.3) is 5.56 Å². The van der Waals surface area contributed by atoms with Crippen LogP contribution in [0, 0.1) is 5.82 Å². The predicted octanol–water partition coefficient (Wildman–Crippen LogP) is 3.31. The molecule has 4 aromatic rings. The number of ether oxygens (including phenoxy) is 1. The predicted molar refractivity (Wildman–Crippen MR) is 121 cm³/mol. The molecule has 0 aliphatic rings. The van der Waals surface area contributed by atoms with Crippen molar-refractivity contribution in [3.8, 4) is 5.69 Å². The van der Waals surface area contributed by atoms with Crippen LogP contribution in [-0.2, 0) is 16.1 Å². The zero-order valence-corrected chi connectivity index (χ0v) is 18.6. The lowest BCUT2D eigenvalue weighted by Crippen LogP contribution is -2.40. The van der Waals surface area contributed by atoms with Crippen LogP contribution in [0.1, 0.15) is 25.5 Å². The van der Waals surface area contributed by atoms with E-state index < -0.39 is 29.1 Å². The monoisotopic (exact) mass is 470 g/mol. The third kappa shape index (κ3) is 4.19. The van der Waals surface area contributed by atoms with Crippen LogP contribution in [-0.4, -0.2) is 31.3 Å². The summed E-state index contributed by atoms with van der Waals surface area (Å²) in [6.45, 7) is 3.34. The summed E-state index contributed by atoms with van der Waals surface area (Å²) in [7, 11) is 0. The van der Waals surface area contributed by atoms with E-state index in [-0.39, 0.29) is 24.3 Å². The van der Waals surface area contributed by atoms with Gasteiger partial charge in [-0.3, -0.25) is 9.36 Å². The van der Waals surface area contributed by atoms with Crippen LogP contribution in [0.15, 0.2) is 64.4 Å². The van der Waals surface area contributed by atoms with Gasteiger partial charge in [0.05, 0.1) is 25.2 Å². The molecule has 0 spiro atoms. The molecule has 0 aliphatic heterocycles. The van der Waals surface area contributed by atoms with Crippen molar-refractivity contribution in [2.24, 2.45) is 0 Å². The Morgan fingerprint density at radius 2 is 1.91 bits per heavy atom. The number of rotatable bonds is 6. The van der Waals surface area contributed by atoms with E-state index in [0.717, 1.165) is 4.57 Å². The molecule has 0 amide bonds. The molecular formula is C23H20ClFN4O4. The summed E-state index contributed by atoms with van der Waals surface area (Å²) in [5.41, 5.74) is -0.188. The number of imidazole rings is 1. The molecule has 33 heavy (non-hydrogen) atoms. The number of carbonyl (C=O) groups is 1. The lowest BCUT2D eigenvalue weighted by molar-refractivity contribution is -0.146. The maximum absolute atomic E-state index is 13.5. The van der Waals surface area contributed by atoms with Gasteiger partial charge in [-0.2, -0.15) is 0 Å². The summed E-state index contributed by atoms with van der Waals surface area (Å²) >= 11 is 6.14. The third-order valence-electron chi connectivity index (χ3n) is 5.22. The minimum Gasteiger partial charge on any atom is -0.464 e. The Hall–Kier alpha value is -3.72. The van der Waals surface area contributed by atoms with Gasteiger partial charge in [-0.1, -0.05) is 29.8 Å². The fourth-order valence-electron chi connectivity index (χ4n) is 3.58. The van der Waals surface area contributed by atoms with Gasteiger partial charge in [-0.25, -0.2) is 23.5 Å². The number of hydrogen-bond donors (Lipinski definition) is 0. The molecule has 2 heterocycles. The van der Waals surface area contributed by atoms with Gasteiger partial charge in [0.1, 0.15) is 11.9 Å². The van der Waals surface area contributed by atoms with Crippen molar-refractivity contribution in [1.82, 2.24) is 18.7 Å². The largest absolute Gasteiger partial charge is 0.464 e. The van der Waals surface area contributed by atoms with E-state index in [9.17, 15) is 18.8 Å². The van der Waals surface area contributed by atoms with Crippen molar-refractivity contribution in [2.45, 2.75) is 26.4 Å². The Bertz CT molecular complexity index is 1460. The van der Waals surface area contributed by atoms with E-state index in [2.05, 4.69) is 4.98 Å². The number of benzene rings is 2. The van der Waals surface area contributed by atoms with Crippen LogP contribution in [0.2, 0.25) is 5.02 Å². The molecule has 2 aromatic heterocycles. The highest BCUT2D eigenvalue weighted by molar-refractivity contribution is 6.30. The third-order valence-corrected chi connectivity index (χ3v) is 5.46. The first-order chi connectivity index (χ1) is 15.8. The highest BCUT2D eigenvalue weighted by atomic mass is 35.5. The van der Waals surface area contributed by atoms with Gasteiger partial charge in [0.15, 0.2) is 11.2 Å². The maximum Gasteiger partial charge on any atom is 0.337 e. The summed E-state index contributed by atoms with van der Waals surface area (Å²) in [4.78, 5) is 43.6. The van der Waals surface area contributed by atoms with Crippen molar-refractivity contribution in [3.05, 3.63) is 92.1 Å². The molecule has 4 rings (SSSR count). The smallest absolute Gasteiger partial charge is 0.337 e. The fraction of sp³-hybridized carbons (Fsp3) is 0.217. The quantitative estimate of drug-likeness (QED) is 0.403.